The number of carbonyl (C=O) groups is 4. The lowest BCUT2D eigenvalue weighted by atomic mass is 9.98. The third kappa shape index (κ3) is 6.32. The van der Waals surface area contributed by atoms with Crippen molar-refractivity contribution in [3.8, 4) is 22.6 Å². The van der Waals surface area contributed by atoms with Crippen LogP contribution in [0.1, 0.15) is 71.0 Å². The van der Waals surface area contributed by atoms with Crippen molar-refractivity contribution in [3.63, 3.8) is 0 Å². The molecule has 4 aliphatic rings. The summed E-state index contributed by atoms with van der Waals surface area (Å²) in [6.07, 6.45) is 10.1. The summed E-state index contributed by atoms with van der Waals surface area (Å²) in [6, 6.07) is 11.0. The van der Waals surface area contributed by atoms with E-state index in [2.05, 4.69) is 30.3 Å². The third-order valence-electron chi connectivity index (χ3n) is 11.2. The predicted octanol–water partition coefficient (Wildman–Crippen LogP) is 3.31. The number of carbonyl (C=O) groups excluding carboxylic acids is 4. The Kier molecular flexibility index (Phi) is 8.79. The van der Waals surface area contributed by atoms with Crippen LogP contribution >= 0.6 is 0 Å². The molecule has 4 amide bonds. The van der Waals surface area contributed by atoms with Crippen LogP contribution in [-0.2, 0) is 9.59 Å². The summed E-state index contributed by atoms with van der Waals surface area (Å²) in [5.41, 5.74) is 10.4. The molecule has 7 heterocycles. The molecule has 0 spiro atoms. The summed E-state index contributed by atoms with van der Waals surface area (Å²) >= 11 is 0. The number of halogens is 1. The van der Waals surface area contributed by atoms with Crippen molar-refractivity contribution >= 4 is 35.1 Å². The molecule has 16 nitrogen and oxygen atoms in total. The first-order valence-electron chi connectivity index (χ1n) is 18.6. The van der Waals surface area contributed by atoms with Crippen LogP contribution in [-0.4, -0.2) is 101 Å². The number of benzene rings is 2. The summed E-state index contributed by atoms with van der Waals surface area (Å²) < 4.78 is 22.6. The molecule has 0 aliphatic carbocycles. The molecule has 3 N–H and O–H groups in total. The molecule has 2 atom stereocenters. The average Bonchev–Trinajstić information content (AvgIpc) is 3.94. The fraction of sp³-hybridized carbons (Fsp3) is 0.333. The first-order chi connectivity index (χ1) is 27.1. The number of nitrogens with zero attached hydrogens (tertiary/aromatic N) is 9. The number of amides is 4. The van der Waals surface area contributed by atoms with Gasteiger partial charge in [0.15, 0.2) is 11.6 Å². The van der Waals surface area contributed by atoms with Gasteiger partial charge < -0.3 is 15.4 Å². The Labute approximate surface area is 320 Å². The van der Waals surface area contributed by atoms with E-state index < -0.39 is 41.6 Å². The molecule has 4 aliphatic heterocycles. The number of nitrogen functional groups attached to an aromatic ring is 1. The van der Waals surface area contributed by atoms with E-state index in [1.807, 2.05) is 29.2 Å². The second kappa shape index (κ2) is 14.0. The van der Waals surface area contributed by atoms with Gasteiger partial charge in [-0.2, -0.15) is 20.1 Å². The molecule has 56 heavy (non-hydrogen) atoms. The van der Waals surface area contributed by atoms with Crippen molar-refractivity contribution in [2.24, 2.45) is 0 Å². The second-order valence-electron chi connectivity index (χ2n) is 14.6. The van der Waals surface area contributed by atoms with Gasteiger partial charge in [0.2, 0.25) is 11.8 Å². The van der Waals surface area contributed by atoms with Gasteiger partial charge in [0.25, 0.3) is 11.8 Å². The lowest BCUT2D eigenvalue weighted by Crippen LogP contribution is -2.61. The summed E-state index contributed by atoms with van der Waals surface area (Å²) in [7, 11) is 0. The molecule has 5 aromatic rings. The highest BCUT2D eigenvalue weighted by Crippen LogP contribution is 2.36. The molecule has 286 valence electrons. The van der Waals surface area contributed by atoms with Gasteiger partial charge in [-0.15, -0.1) is 0 Å². The predicted molar refractivity (Wildman–Crippen MR) is 199 cm³/mol. The Morgan fingerprint density at radius 2 is 1.64 bits per heavy atom. The Morgan fingerprint density at radius 3 is 2.41 bits per heavy atom. The number of anilines is 2. The number of likely N-dealkylation sites (tertiary alicyclic amines) is 1. The van der Waals surface area contributed by atoms with E-state index in [1.165, 1.54) is 16.9 Å². The van der Waals surface area contributed by atoms with Crippen molar-refractivity contribution in [3.05, 3.63) is 96.0 Å². The fourth-order valence-corrected chi connectivity index (χ4v) is 8.09. The van der Waals surface area contributed by atoms with E-state index in [0.717, 1.165) is 60.7 Å². The Morgan fingerprint density at radius 1 is 0.875 bits per heavy atom. The van der Waals surface area contributed by atoms with E-state index in [1.54, 1.807) is 43.7 Å². The number of nitrogens with two attached hydrogens (primary N) is 1. The standard InChI is InChI=1S/C39H38FN11O5/c1-22(30-15-25(40)2-5-32(30)51-43-10-11-44-51)56-34-14-23(17-42-36(34)41)24-18-45-49(19-24)26-8-12-47(13-9-26)28-20-48(21-28)27-3-4-29-31(16-27)39(55)50(38(29)54)33-6-7-35(52)46-37(33)53/h2-5,10-11,14-19,22,26,28,33H,6-9,12-13,20-21H2,1H3,(H2,41,42)(H,46,52,53)/t22-,33?/m0/s1. The molecule has 17 heteroatoms. The first-order valence-corrected chi connectivity index (χ1v) is 18.6. The van der Waals surface area contributed by atoms with Crippen molar-refractivity contribution in [2.45, 2.75) is 56.8 Å². The second-order valence-corrected chi connectivity index (χ2v) is 14.6. The molecule has 2 aromatic carbocycles. The van der Waals surface area contributed by atoms with Gasteiger partial charge in [-0.1, -0.05) is 0 Å². The van der Waals surface area contributed by atoms with Crippen molar-refractivity contribution in [2.75, 3.05) is 36.8 Å². The molecule has 0 saturated carbocycles. The number of ether oxygens (including phenoxy) is 1. The van der Waals surface area contributed by atoms with Crippen molar-refractivity contribution < 1.29 is 28.3 Å². The first kappa shape index (κ1) is 35.2. The average molecular weight is 760 g/mol. The molecule has 3 aromatic heterocycles. The normalized spacial score (nSPS) is 19.9. The number of rotatable bonds is 9. The highest BCUT2D eigenvalue weighted by molar-refractivity contribution is 6.23. The molecule has 0 bridgehead atoms. The number of nitrogens with one attached hydrogen (secondary N) is 1. The molecule has 0 radical (unpaired) electrons. The highest BCUT2D eigenvalue weighted by atomic mass is 19.1. The van der Waals surface area contributed by atoms with Gasteiger partial charge in [0, 0.05) is 73.4 Å². The van der Waals surface area contributed by atoms with Crippen LogP contribution in [0.3, 0.4) is 0 Å². The SMILES string of the molecule is C[C@H](Oc1cc(-c2cnn(C3CCN(C4CN(c5ccc6c(c5)C(=O)N(C5CCC(=O)NC5=O)C6=O)C4)CC3)c2)cnc1N)c1cc(F)ccc1-n1nccn1. The van der Waals surface area contributed by atoms with Crippen LogP contribution in [0, 0.1) is 5.82 Å². The van der Waals surface area contributed by atoms with Crippen LogP contribution in [0.2, 0.25) is 0 Å². The summed E-state index contributed by atoms with van der Waals surface area (Å²) in [4.78, 5) is 61.9. The number of imide groups is 2. The van der Waals surface area contributed by atoms with Crippen LogP contribution < -0.4 is 20.7 Å². The Bertz CT molecular complexity index is 2370. The zero-order valence-electron chi connectivity index (χ0n) is 30.4. The fourth-order valence-electron chi connectivity index (χ4n) is 8.09. The largest absolute Gasteiger partial charge is 0.482 e. The Balaban J connectivity index is 0.803. The minimum Gasteiger partial charge on any atom is -0.482 e. The summed E-state index contributed by atoms with van der Waals surface area (Å²) in [6.45, 7) is 5.21. The van der Waals surface area contributed by atoms with Gasteiger partial charge in [-0.25, -0.2) is 9.37 Å². The van der Waals surface area contributed by atoms with Crippen LogP contribution in [0.15, 0.2) is 73.4 Å². The molecule has 9 rings (SSSR count). The quantitative estimate of drug-likeness (QED) is 0.209. The lowest BCUT2D eigenvalue weighted by Gasteiger charge is -2.48. The monoisotopic (exact) mass is 759 g/mol. The topological polar surface area (TPSA) is 187 Å². The van der Waals surface area contributed by atoms with Gasteiger partial charge in [0.1, 0.15) is 18.0 Å². The van der Waals surface area contributed by atoms with Crippen molar-refractivity contribution in [1.29, 1.82) is 0 Å². The lowest BCUT2D eigenvalue weighted by molar-refractivity contribution is -0.136. The number of pyridine rings is 1. The van der Waals surface area contributed by atoms with Gasteiger partial charge >= 0.3 is 0 Å². The molecule has 1 unspecified atom stereocenters. The van der Waals surface area contributed by atoms with Gasteiger partial charge in [0.05, 0.1) is 41.4 Å². The molecule has 3 saturated heterocycles. The zero-order chi connectivity index (χ0) is 38.7. The van der Waals surface area contributed by atoms with Crippen LogP contribution in [0.5, 0.6) is 5.75 Å². The highest BCUT2D eigenvalue weighted by Gasteiger charge is 2.45. The van der Waals surface area contributed by atoms with E-state index in [0.29, 0.717) is 23.0 Å². The smallest absolute Gasteiger partial charge is 0.262 e. The zero-order valence-corrected chi connectivity index (χ0v) is 30.4. The van der Waals surface area contributed by atoms with Gasteiger partial charge in [-0.05, 0) is 68.7 Å². The number of aromatic nitrogens is 6. The van der Waals surface area contributed by atoms with Crippen LogP contribution in [0.4, 0.5) is 15.9 Å². The van der Waals surface area contributed by atoms with Crippen LogP contribution in [0.25, 0.3) is 16.8 Å². The van der Waals surface area contributed by atoms with Gasteiger partial charge in [-0.3, -0.25) is 39.0 Å². The summed E-state index contributed by atoms with van der Waals surface area (Å²) in [5.74, 6) is -1.86. The van der Waals surface area contributed by atoms with Crippen molar-refractivity contribution in [1.82, 2.24) is 44.9 Å². The molecular weight excluding hydrogens is 721 g/mol. The number of hydrogen-bond acceptors (Lipinski definition) is 12. The maximum Gasteiger partial charge on any atom is 0.262 e. The van der Waals surface area contributed by atoms with E-state index in [9.17, 15) is 23.6 Å². The van der Waals surface area contributed by atoms with E-state index in [-0.39, 0.29) is 35.8 Å². The minimum atomic E-state index is -0.986. The van der Waals surface area contributed by atoms with E-state index >= 15 is 0 Å². The molecular formula is C39H38FN11O5. The Hall–Kier alpha value is -6.49. The van der Waals surface area contributed by atoms with E-state index in [4.69, 9.17) is 15.6 Å². The maximum atomic E-state index is 14.3. The number of fused-ring (bicyclic) bond motifs is 1. The maximum absolute atomic E-state index is 14.3. The third-order valence-corrected chi connectivity index (χ3v) is 11.2. The number of hydrogen-bond donors (Lipinski definition) is 2. The minimum absolute atomic E-state index is 0.0810. The molecule has 3 fully saturated rings. The summed E-state index contributed by atoms with van der Waals surface area (Å²) in [5, 5.41) is 15.3. The number of piperidine rings is 2.